The van der Waals surface area contributed by atoms with Crippen LogP contribution in [0.1, 0.15) is 115 Å². The third-order valence-electron chi connectivity index (χ3n) is 12.8. The first-order chi connectivity index (χ1) is 26.3. The minimum Gasteiger partial charge on any atom is -1.00 e. The van der Waals surface area contributed by atoms with E-state index in [0.717, 1.165) is 0 Å². The van der Waals surface area contributed by atoms with Gasteiger partial charge in [0.2, 0.25) is 0 Å². The Balaban J connectivity index is 0.000000220. The first kappa shape index (κ1) is 46.5. The van der Waals surface area contributed by atoms with E-state index in [9.17, 15) is 0 Å². The van der Waals surface area contributed by atoms with Crippen LogP contribution in [0.25, 0.3) is 43.8 Å². The van der Waals surface area contributed by atoms with Gasteiger partial charge in [-0.05, 0) is 60.5 Å². The summed E-state index contributed by atoms with van der Waals surface area (Å²) < 4.78 is 0. The maximum Gasteiger partial charge on any atom is -1.00 e. The van der Waals surface area contributed by atoms with E-state index in [2.05, 4.69) is 148 Å². The fraction of sp³-hybridized carbons (Fsp3) is 0.423. The Morgan fingerprint density at radius 2 is 0.839 bits per heavy atom. The smallest absolute Gasteiger partial charge is 1.00 e. The number of hydrogen-bond acceptors (Lipinski definition) is 0. The molecule has 56 heavy (non-hydrogen) atoms. The van der Waals surface area contributed by atoms with Crippen molar-refractivity contribution in [3.8, 4) is 22.3 Å². The summed E-state index contributed by atoms with van der Waals surface area (Å²) >= 11 is 1.74. The predicted octanol–water partition coefficient (Wildman–Crippen LogP) is 9.83. The zero-order valence-corrected chi connectivity index (χ0v) is 39.6. The van der Waals surface area contributed by atoms with Crippen LogP contribution in [0.3, 0.4) is 0 Å². The Labute approximate surface area is 367 Å². The van der Waals surface area contributed by atoms with E-state index >= 15 is 0 Å². The fourth-order valence-electron chi connectivity index (χ4n) is 9.67. The molecule has 2 saturated carbocycles. The quantitative estimate of drug-likeness (QED) is 0.0812. The summed E-state index contributed by atoms with van der Waals surface area (Å²) in [6, 6.07) is 44.9. The van der Waals surface area contributed by atoms with Crippen LogP contribution in [0.5, 0.6) is 0 Å². The van der Waals surface area contributed by atoms with Gasteiger partial charge in [-0.25, -0.2) is 0 Å². The largest absolute Gasteiger partial charge is 1.00 e. The van der Waals surface area contributed by atoms with Crippen LogP contribution >= 0.6 is 0 Å². The Hall–Kier alpha value is -2.22. The molecular weight excluding hydrogens is 815 g/mol. The summed E-state index contributed by atoms with van der Waals surface area (Å²) in [5, 5.41) is 5.64. The molecule has 0 nitrogen and oxygen atoms in total. The van der Waals surface area contributed by atoms with Crippen LogP contribution in [-0.2, 0) is 36.2 Å². The molecular formula is C52H64Cl2SiZr-2. The van der Waals surface area contributed by atoms with E-state index in [1.807, 2.05) is 0 Å². The van der Waals surface area contributed by atoms with Crippen molar-refractivity contribution in [2.75, 3.05) is 0 Å². The monoisotopic (exact) mass is 876 g/mol. The van der Waals surface area contributed by atoms with Gasteiger partial charge in [-0.2, -0.15) is 12.1 Å². The van der Waals surface area contributed by atoms with Gasteiger partial charge in [0.05, 0.1) is 0 Å². The van der Waals surface area contributed by atoms with E-state index in [1.54, 1.807) is 34.5 Å². The summed E-state index contributed by atoms with van der Waals surface area (Å²) in [6.07, 6.45) is 22.2. The van der Waals surface area contributed by atoms with Crippen molar-refractivity contribution in [3.05, 3.63) is 132 Å². The minimum absolute atomic E-state index is 0. The number of fused-ring (bicyclic) bond motifs is 2. The van der Waals surface area contributed by atoms with Gasteiger partial charge in [0, 0.05) is 0 Å². The third kappa shape index (κ3) is 12.4. The molecule has 0 atom stereocenters. The molecule has 2 fully saturated rings. The van der Waals surface area contributed by atoms with Crippen molar-refractivity contribution in [2.24, 2.45) is 10.8 Å². The molecule has 0 heterocycles. The normalized spacial score (nSPS) is 16.1. The van der Waals surface area contributed by atoms with Crippen molar-refractivity contribution in [2.45, 2.75) is 130 Å². The van der Waals surface area contributed by atoms with Crippen LogP contribution in [0.4, 0.5) is 0 Å². The van der Waals surface area contributed by atoms with Crippen molar-refractivity contribution < 1.29 is 48.1 Å². The number of hydrogen-bond donors (Lipinski definition) is 0. The molecule has 0 amide bonds. The first-order valence-electron chi connectivity index (χ1n) is 21.3. The number of halogens is 2. The average molecular weight is 879 g/mol. The van der Waals surface area contributed by atoms with Crippen LogP contribution in [0.15, 0.2) is 121 Å². The molecule has 0 aromatic heterocycles. The zero-order valence-electron chi connectivity index (χ0n) is 34.6. The van der Waals surface area contributed by atoms with Crippen molar-refractivity contribution in [1.82, 2.24) is 0 Å². The summed E-state index contributed by atoms with van der Waals surface area (Å²) in [6.45, 7) is 9.43. The molecule has 8 rings (SSSR count). The molecule has 6 aromatic rings. The standard InChI is InChI=1S/2C25H29.C2H6Si.2ClH.Zr/c2*1-2-25(15-8-3-4-9-16-25)19-20-17-22-13-10-14-23(24(22)18-20)21-11-6-5-7-12-21;1-3-2;;;/h2*5-7,10-14,17-18H,2-4,8-9,15-16,19H2,1H3;1-2H3;2*1H;/q2*-1;;;;+2/p-2. The number of rotatable bonds is 8. The van der Waals surface area contributed by atoms with Crippen molar-refractivity contribution in [1.29, 1.82) is 0 Å². The SMILES string of the molecule is CCC1(Cc2cc3c(-c4ccccc4)cccc3[cH-]2)CCCCCC1.CCC1(Cc2cc3c(-c4ccccc4)cccc3[cH-]2)CCCCCC1.C[Si](C)=[Zr+2].[Cl-].[Cl-]. The zero-order chi connectivity index (χ0) is 37.8. The summed E-state index contributed by atoms with van der Waals surface area (Å²) in [7, 11) is 0. The molecule has 4 heteroatoms. The molecule has 296 valence electrons. The second-order valence-corrected chi connectivity index (χ2v) is 26.3. The minimum atomic E-state index is 0. The van der Waals surface area contributed by atoms with E-state index in [1.165, 1.54) is 147 Å². The topological polar surface area (TPSA) is 0 Å². The Bertz CT molecular complexity index is 1890. The molecule has 0 N–H and O–H groups in total. The molecule has 0 radical (unpaired) electrons. The second kappa shape index (κ2) is 22.8. The summed E-state index contributed by atoms with van der Waals surface area (Å²) in [5.41, 5.74) is 9.76. The van der Waals surface area contributed by atoms with Gasteiger partial charge in [0.15, 0.2) is 0 Å². The molecule has 0 bridgehead atoms. The maximum atomic E-state index is 2.47. The summed E-state index contributed by atoms with van der Waals surface area (Å²) in [4.78, 5) is 0. The Kier molecular flexibility index (Phi) is 18.9. The van der Waals surface area contributed by atoms with E-state index in [0.29, 0.717) is 10.8 Å². The van der Waals surface area contributed by atoms with Gasteiger partial charge in [-0.15, -0.1) is 69.1 Å². The first-order valence-corrected chi connectivity index (χ1v) is 27.5. The predicted molar refractivity (Wildman–Crippen MR) is 236 cm³/mol. The molecule has 6 aromatic carbocycles. The van der Waals surface area contributed by atoms with E-state index in [-0.39, 0.29) is 30.2 Å². The van der Waals surface area contributed by atoms with Gasteiger partial charge in [-0.1, -0.05) is 162 Å². The van der Waals surface area contributed by atoms with E-state index in [4.69, 9.17) is 0 Å². The summed E-state index contributed by atoms with van der Waals surface area (Å²) in [5.74, 6) is 0. The van der Waals surface area contributed by atoms with Gasteiger partial charge in [0.25, 0.3) is 0 Å². The van der Waals surface area contributed by atoms with Gasteiger partial charge < -0.3 is 24.8 Å². The van der Waals surface area contributed by atoms with Gasteiger partial charge in [0.1, 0.15) is 0 Å². The van der Waals surface area contributed by atoms with Crippen LogP contribution in [0, 0.1) is 10.8 Å². The maximum absolute atomic E-state index is 2.47. The van der Waals surface area contributed by atoms with Crippen molar-refractivity contribution >= 4 is 27.0 Å². The Morgan fingerprint density at radius 3 is 1.16 bits per heavy atom. The molecule has 0 aliphatic heterocycles. The van der Waals surface area contributed by atoms with Crippen molar-refractivity contribution in [3.63, 3.8) is 0 Å². The molecule has 0 saturated heterocycles. The fourth-order valence-corrected chi connectivity index (χ4v) is 9.67. The molecule has 2 aliphatic carbocycles. The average Bonchev–Trinajstić information content (AvgIpc) is 3.61. The third-order valence-corrected chi connectivity index (χ3v) is 12.8. The molecule has 0 unspecified atom stereocenters. The molecule has 0 spiro atoms. The van der Waals surface area contributed by atoms with E-state index < -0.39 is 0 Å². The molecule has 2 aliphatic rings. The van der Waals surface area contributed by atoms with Crippen LogP contribution in [0.2, 0.25) is 13.1 Å². The second-order valence-electron chi connectivity index (χ2n) is 17.0. The van der Waals surface area contributed by atoms with Crippen LogP contribution in [-0.4, -0.2) is 5.43 Å². The number of benzene rings is 4. The van der Waals surface area contributed by atoms with Crippen LogP contribution < -0.4 is 24.8 Å². The Morgan fingerprint density at radius 1 is 0.500 bits per heavy atom. The van der Waals surface area contributed by atoms with Gasteiger partial charge >= 0.3 is 41.9 Å². The van der Waals surface area contributed by atoms with Gasteiger partial charge in [-0.3, -0.25) is 0 Å².